The number of hydrogen-bond donors (Lipinski definition) is 2. The molecule has 2 aromatic carbocycles. The molecule has 2 aromatic rings. The van der Waals surface area contributed by atoms with Gasteiger partial charge in [-0.15, -0.1) is 0 Å². The Bertz CT molecular complexity index is 1270. The van der Waals surface area contributed by atoms with E-state index >= 15 is 4.39 Å². The van der Waals surface area contributed by atoms with Crippen molar-refractivity contribution in [3.63, 3.8) is 0 Å². The molecule has 1 aliphatic rings. The summed E-state index contributed by atoms with van der Waals surface area (Å²) in [5.41, 5.74) is -0.631. The molecule has 11 heteroatoms. The number of nitrogens with zero attached hydrogens (tertiary/aromatic N) is 2. The summed E-state index contributed by atoms with van der Waals surface area (Å²) in [6.45, 7) is 0.685. The van der Waals surface area contributed by atoms with Crippen molar-refractivity contribution in [2.24, 2.45) is 0 Å². The fourth-order valence-corrected chi connectivity index (χ4v) is 5.69. The molecule has 3 rings (SSSR count). The second kappa shape index (κ2) is 12.7. The SMILES string of the molecule is COC1(C(=O)NS(=O)(=O)c2cc(F)c(N[C@@H](CCc3ccc(F)cc3)CCN(C)C)c(C#N)c2)CCCC1. The minimum Gasteiger partial charge on any atom is -0.379 e. The Labute approximate surface area is 223 Å². The van der Waals surface area contributed by atoms with Crippen LogP contribution in [0.25, 0.3) is 0 Å². The van der Waals surface area contributed by atoms with Crippen LogP contribution in [-0.4, -0.2) is 58.6 Å². The molecular weight excluding hydrogens is 514 g/mol. The third-order valence-electron chi connectivity index (χ3n) is 6.91. The van der Waals surface area contributed by atoms with Gasteiger partial charge in [0.25, 0.3) is 15.9 Å². The summed E-state index contributed by atoms with van der Waals surface area (Å²) in [5, 5.41) is 12.8. The Morgan fingerprint density at radius 1 is 1.16 bits per heavy atom. The number of aryl methyl sites for hydroxylation is 1. The molecular formula is C27H34F2N4O4S. The van der Waals surface area contributed by atoms with Gasteiger partial charge in [-0.25, -0.2) is 21.9 Å². The van der Waals surface area contributed by atoms with Gasteiger partial charge < -0.3 is 15.0 Å². The summed E-state index contributed by atoms with van der Waals surface area (Å²) < 4.78 is 61.8. The largest absolute Gasteiger partial charge is 0.379 e. The smallest absolute Gasteiger partial charge is 0.265 e. The summed E-state index contributed by atoms with van der Waals surface area (Å²) in [4.78, 5) is 14.2. The zero-order valence-corrected chi connectivity index (χ0v) is 22.7. The molecule has 0 saturated heterocycles. The summed E-state index contributed by atoms with van der Waals surface area (Å²) in [6, 6.07) is 9.60. The van der Waals surface area contributed by atoms with Gasteiger partial charge in [0, 0.05) is 13.2 Å². The van der Waals surface area contributed by atoms with Crippen LogP contribution in [0.2, 0.25) is 0 Å². The number of halogens is 2. The molecule has 1 atom stereocenters. The van der Waals surface area contributed by atoms with E-state index in [9.17, 15) is 22.9 Å². The second-order valence-corrected chi connectivity index (χ2v) is 11.6. The van der Waals surface area contributed by atoms with Gasteiger partial charge in [-0.1, -0.05) is 12.1 Å². The van der Waals surface area contributed by atoms with Crippen molar-refractivity contribution < 1.29 is 26.7 Å². The van der Waals surface area contributed by atoms with Crippen LogP contribution in [0, 0.1) is 23.0 Å². The molecule has 0 unspecified atom stereocenters. The molecule has 1 amide bonds. The van der Waals surface area contributed by atoms with Crippen LogP contribution >= 0.6 is 0 Å². The number of hydrogen-bond acceptors (Lipinski definition) is 7. The van der Waals surface area contributed by atoms with Crippen molar-refractivity contribution in [1.82, 2.24) is 9.62 Å². The highest BCUT2D eigenvalue weighted by Gasteiger charge is 2.43. The van der Waals surface area contributed by atoms with Crippen molar-refractivity contribution in [2.75, 3.05) is 33.1 Å². The number of ether oxygens (including phenoxy) is 1. The van der Waals surface area contributed by atoms with E-state index in [1.54, 1.807) is 12.1 Å². The lowest BCUT2D eigenvalue weighted by molar-refractivity contribution is -0.140. The lowest BCUT2D eigenvalue weighted by Crippen LogP contribution is -2.48. The number of amides is 1. The van der Waals surface area contributed by atoms with Crippen LogP contribution < -0.4 is 10.0 Å². The molecule has 1 saturated carbocycles. The highest BCUT2D eigenvalue weighted by Crippen LogP contribution is 2.33. The fraction of sp³-hybridized carbons (Fsp3) is 0.481. The van der Waals surface area contributed by atoms with Crippen molar-refractivity contribution in [1.29, 1.82) is 5.26 Å². The van der Waals surface area contributed by atoms with Crippen molar-refractivity contribution in [3.05, 3.63) is 59.2 Å². The highest BCUT2D eigenvalue weighted by atomic mass is 32.2. The Hall–Kier alpha value is -3.07. The van der Waals surface area contributed by atoms with E-state index in [0.29, 0.717) is 38.6 Å². The molecule has 0 spiro atoms. The Morgan fingerprint density at radius 2 is 1.82 bits per heavy atom. The summed E-state index contributed by atoms with van der Waals surface area (Å²) in [5.74, 6) is -2.05. The van der Waals surface area contributed by atoms with Crippen LogP contribution in [0.3, 0.4) is 0 Å². The van der Waals surface area contributed by atoms with E-state index in [-0.39, 0.29) is 23.1 Å². The zero-order valence-electron chi connectivity index (χ0n) is 21.9. The standard InChI is InChI=1S/C27H34F2N4O4S/c1-33(2)15-12-22(11-8-19-6-9-21(28)10-7-19)31-25-20(18-30)16-23(17-24(25)29)38(35,36)32-26(34)27(37-3)13-4-5-14-27/h6-7,9-10,16-17,22,31H,4-5,8,11-15H2,1-3H3,(H,32,34)/t22-/m0/s1. The minimum atomic E-state index is -4.45. The first-order valence-corrected chi connectivity index (χ1v) is 14.0. The molecule has 0 radical (unpaired) electrons. The van der Waals surface area contributed by atoms with Gasteiger partial charge in [-0.2, -0.15) is 5.26 Å². The highest BCUT2D eigenvalue weighted by molar-refractivity contribution is 7.90. The number of nitriles is 1. The Morgan fingerprint density at radius 3 is 2.39 bits per heavy atom. The molecule has 2 N–H and O–H groups in total. The lowest BCUT2D eigenvalue weighted by Gasteiger charge is -2.26. The lowest BCUT2D eigenvalue weighted by atomic mass is 10.0. The first-order chi connectivity index (χ1) is 18.0. The molecule has 0 bridgehead atoms. The van der Waals surface area contributed by atoms with Gasteiger partial charge in [-0.3, -0.25) is 4.79 Å². The quantitative estimate of drug-likeness (QED) is 0.413. The number of nitrogens with one attached hydrogen (secondary N) is 2. The summed E-state index contributed by atoms with van der Waals surface area (Å²) in [7, 11) is 0.720. The van der Waals surface area contributed by atoms with E-state index in [0.717, 1.165) is 30.5 Å². The Kier molecular flexibility index (Phi) is 9.82. The first-order valence-electron chi connectivity index (χ1n) is 12.5. The summed E-state index contributed by atoms with van der Waals surface area (Å²) >= 11 is 0. The summed E-state index contributed by atoms with van der Waals surface area (Å²) in [6.07, 6.45) is 4.01. The van der Waals surface area contributed by atoms with Crippen LogP contribution in [-0.2, 0) is 26.0 Å². The zero-order chi connectivity index (χ0) is 27.9. The van der Waals surface area contributed by atoms with Crippen LogP contribution in [0.5, 0.6) is 0 Å². The van der Waals surface area contributed by atoms with Gasteiger partial charge >= 0.3 is 0 Å². The third-order valence-corrected chi connectivity index (χ3v) is 8.22. The molecule has 8 nitrogen and oxygen atoms in total. The monoisotopic (exact) mass is 548 g/mol. The van der Waals surface area contributed by atoms with Gasteiger partial charge in [0.1, 0.15) is 23.3 Å². The number of carbonyl (C=O) groups is 1. The molecule has 1 aliphatic carbocycles. The minimum absolute atomic E-state index is 0.107. The van der Waals surface area contributed by atoms with E-state index in [4.69, 9.17) is 4.74 Å². The number of rotatable bonds is 12. The average molecular weight is 549 g/mol. The molecule has 0 aromatic heterocycles. The maximum atomic E-state index is 15.3. The topological polar surface area (TPSA) is 112 Å². The van der Waals surface area contributed by atoms with Crippen molar-refractivity contribution in [3.8, 4) is 6.07 Å². The van der Waals surface area contributed by atoms with Crippen molar-refractivity contribution >= 4 is 21.6 Å². The van der Waals surface area contributed by atoms with Crippen molar-refractivity contribution in [2.45, 2.75) is 61.5 Å². The predicted molar refractivity (Wildman–Crippen MR) is 140 cm³/mol. The van der Waals surface area contributed by atoms with E-state index in [2.05, 4.69) is 5.32 Å². The second-order valence-electron chi connectivity index (χ2n) is 9.88. The predicted octanol–water partition coefficient (Wildman–Crippen LogP) is 3.97. The third kappa shape index (κ3) is 7.28. The number of carbonyl (C=O) groups excluding carboxylic acids is 1. The van der Waals surface area contributed by atoms with Gasteiger partial charge in [0.2, 0.25) is 0 Å². The maximum Gasteiger partial charge on any atom is 0.265 e. The fourth-order valence-electron chi connectivity index (χ4n) is 4.61. The number of benzene rings is 2. The number of anilines is 1. The number of sulfonamides is 1. The van der Waals surface area contributed by atoms with Crippen LogP contribution in [0.15, 0.2) is 41.3 Å². The molecule has 0 aliphatic heterocycles. The maximum absolute atomic E-state index is 15.3. The number of methoxy groups -OCH3 is 1. The molecule has 0 heterocycles. The average Bonchev–Trinajstić information content (AvgIpc) is 3.37. The molecule has 206 valence electrons. The molecule has 38 heavy (non-hydrogen) atoms. The van der Waals surface area contributed by atoms with E-state index in [1.807, 2.05) is 29.8 Å². The van der Waals surface area contributed by atoms with E-state index in [1.165, 1.54) is 19.2 Å². The van der Waals surface area contributed by atoms with Crippen LogP contribution in [0.1, 0.15) is 49.7 Å². The van der Waals surface area contributed by atoms with Gasteiger partial charge in [-0.05, 0) is 95.4 Å². The van der Waals surface area contributed by atoms with E-state index < -0.39 is 32.2 Å². The molecule has 1 fully saturated rings. The Balaban J connectivity index is 1.82. The van der Waals surface area contributed by atoms with Gasteiger partial charge in [0.05, 0.1) is 16.1 Å². The van der Waals surface area contributed by atoms with Gasteiger partial charge in [0.15, 0.2) is 0 Å². The normalized spacial score (nSPS) is 15.7. The van der Waals surface area contributed by atoms with Crippen LogP contribution in [0.4, 0.5) is 14.5 Å². The first kappa shape index (κ1) is 29.5.